The van der Waals surface area contributed by atoms with Crippen LogP contribution in [0.15, 0.2) is 16.5 Å². The molecule has 0 amide bonds. The summed E-state index contributed by atoms with van der Waals surface area (Å²) in [6, 6.07) is 2.95. The Labute approximate surface area is 97.7 Å². The van der Waals surface area contributed by atoms with Crippen LogP contribution in [0.2, 0.25) is 0 Å². The van der Waals surface area contributed by atoms with E-state index in [0.717, 1.165) is 0 Å². The van der Waals surface area contributed by atoms with Crippen molar-refractivity contribution in [3.8, 4) is 0 Å². The molecule has 0 aliphatic heterocycles. The Morgan fingerprint density at radius 3 is 2.47 bits per heavy atom. The molecule has 1 aromatic rings. The lowest BCUT2D eigenvalue weighted by Crippen LogP contribution is -2.27. The third-order valence-corrected chi connectivity index (χ3v) is 2.20. The third kappa shape index (κ3) is 4.79. The molecular weight excluding hydrogens is 235 g/mol. The minimum absolute atomic E-state index is 0.421. The van der Waals surface area contributed by atoms with Crippen molar-refractivity contribution in [2.24, 2.45) is 5.73 Å². The zero-order valence-electron chi connectivity index (χ0n) is 9.75. The fourth-order valence-corrected chi connectivity index (χ4v) is 1.40. The van der Waals surface area contributed by atoms with Gasteiger partial charge in [-0.05, 0) is 26.0 Å². The van der Waals surface area contributed by atoms with Gasteiger partial charge < -0.3 is 14.9 Å². The standard InChI is InChI=1S/C11H16F3NO2/c1-7-3-4-9(17-7)10(8(2)15)16-6-5-11(12,13)14/h3-4,8,10H,5-6,15H2,1-2H3. The predicted molar refractivity (Wildman–Crippen MR) is 56.5 cm³/mol. The van der Waals surface area contributed by atoms with E-state index in [2.05, 4.69) is 0 Å². The van der Waals surface area contributed by atoms with Gasteiger partial charge in [-0.1, -0.05) is 0 Å². The average Bonchev–Trinajstić information content (AvgIpc) is 2.57. The molecule has 0 spiro atoms. The maximum absolute atomic E-state index is 12.0. The monoisotopic (exact) mass is 251 g/mol. The van der Waals surface area contributed by atoms with Crippen molar-refractivity contribution in [1.82, 2.24) is 0 Å². The smallest absolute Gasteiger partial charge is 0.391 e. The number of halogens is 3. The summed E-state index contributed by atoms with van der Waals surface area (Å²) in [6.45, 7) is 2.99. The lowest BCUT2D eigenvalue weighted by atomic mass is 10.1. The maximum atomic E-state index is 12.0. The summed E-state index contributed by atoms with van der Waals surface area (Å²) in [6.07, 6.45) is -5.86. The van der Waals surface area contributed by atoms with Gasteiger partial charge in [0.05, 0.1) is 13.0 Å². The largest absolute Gasteiger partial charge is 0.464 e. The Morgan fingerprint density at radius 1 is 1.41 bits per heavy atom. The minimum atomic E-state index is -4.22. The van der Waals surface area contributed by atoms with E-state index in [1.807, 2.05) is 0 Å². The number of aryl methyl sites for hydroxylation is 1. The van der Waals surface area contributed by atoms with Crippen molar-refractivity contribution >= 4 is 0 Å². The molecule has 0 saturated heterocycles. The van der Waals surface area contributed by atoms with E-state index in [-0.39, 0.29) is 0 Å². The molecule has 98 valence electrons. The summed E-state index contributed by atoms with van der Waals surface area (Å²) >= 11 is 0. The number of hydrogen-bond acceptors (Lipinski definition) is 3. The lowest BCUT2D eigenvalue weighted by molar-refractivity contribution is -0.150. The second kappa shape index (κ2) is 5.55. The lowest BCUT2D eigenvalue weighted by Gasteiger charge is -2.19. The molecule has 0 aliphatic carbocycles. The van der Waals surface area contributed by atoms with Crippen LogP contribution >= 0.6 is 0 Å². The molecule has 0 saturated carbocycles. The fraction of sp³-hybridized carbons (Fsp3) is 0.636. The highest BCUT2D eigenvalue weighted by atomic mass is 19.4. The molecule has 2 unspecified atom stereocenters. The molecule has 3 nitrogen and oxygen atoms in total. The third-order valence-electron chi connectivity index (χ3n) is 2.20. The average molecular weight is 251 g/mol. The van der Waals surface area contributed by atoms with Gasteiger partial charge in [-0.3, -0.25) is 0 Å². The summed E-state index contributed by atoms with van der Waals surface area (Å²) in [5, 5.41) is 0. The van der Waals surface area contributed by atoms with Crippen LogP contribution in [0, 0.1) is 6.92 Å². The Bertz CT molecular complexity index is 347. The number of alkyl halides is 3. The number of furan rings is 1. The highest BCUT2D eigenvalue weighted by Crippen LogP contribution is 2.25. The van der Waals surface area contributed by atoms with Gasteiger partial charge in [0, 0.05) is 6.04 Å². The molecule has 0 radical (unpaired) electrons. The molecule has 1 aromatic heterocycles. The summed E-state index contributed by atoms with van der Waals surface area (Å²) in [5.74, 6) is 1.13. The Morgan fingerprint density at radius 2 is 2.06 bits per heavy atom. The molecule has 1 rings (SSSR count). The van der Waals surface area contributed by atoms with E-state index in [4.69, 9.17) is 14.9 Å². The Balaban J connectivity index is 2.56. The number of ether oxygens (including phenoxy) is 1. The fourth-order valence-electron chi connectivity index (χ4n) is 1.40. The van der Waals surface area contributed by atoms with Gasteiger partial charge in [0.1, 0.15) is 17.6 Å². The quantitative estimate of drug-likeness (QED) is 0.875. The van der Waals surface area contributed by atoms with E-state index in [1.54, 1.807) is 26.0 Å². The molecule has 2 atom stereocenters. The first-order valence-corrected chi connectivity index (χ1v) is 5.30. The SMILES string of the molecule is Cc1ccc(C(OCCC(F)(F)F)C(C)N)o1. The number of nitrogens with two attached hydrogens (primary N) is 1. The van der Waals surface area contributed by atoms with Crippen molar-refractivity contribution in [2.75, 3.05) is 6.61 Å². The predicted octanol–water partition coefficient (Wildman–Crippen LogP) is 2.95. The van der Waals surface area contributed by atoms with Crippen LogP contribution < -0.4 is 5.73 Å². The second-order valence-corrected chi connectivity index (χ2v) is 3.96. The minimum Gasteiger partial charge on any atom is -0.464 e. The topological polar surface area (TPSA) is 48.4 Å². The van der Waals surface area contributed by atoms with Gasteiger partial charge in [0.2, 0.25) is 0 Å². The van der Waals surface area contributed by atoms with Crippen LogP contribution in [-0.4, -0.2) is 18.8 Å². The first-order valence-electron chi connectivity index (χ1n) is 5.30. The first-order chi connectivity index (χ1) is 7.79. The van der Waals surface area contributed by atoms with Crippen molar-refractivity contribution < 1.29 is 22.3 Å². The van der Waals surface area contributed by atoms with Crippen LogP contribution in [0.25, 0.3) is 0 Å². The van der Waals surface area contributed by atoms with Gasteiger partial charge in [-0.25, -0.2) is 0 Å². The summed E-state index contributed by atoms with van der Waals surface area (Å²) in [7, 11) is 0. The van der Waals surface area contributed by atoms with Gasteiger partial charge >= 0.3 is 6.18 Å². The van der Waals surface area contributed by atoms with Crippen LogP contribution in [-0.2, 0) is 4.74 Å². The Kier molecular flexibility index (Phi) is 4.59. The number of rotatable bonds is 5. The van der Waals surface area contributed by atoms with Crippen molar-refractivity contribution in [1.29, 1.82) is 0 Å². The number of hydrogen-bond donors (Lipinski definition) is 1. The molecule has 0 aromatic carbocycles. The van der Waals surface area contributed by atoms with Crippen molar-refractivity contribution in [3.05, 3.63) is 23.7 Å². The van der Waals surface area contributed by atoms with Crippen molar-refractivity contribution in [3.63, 3.8) is 0 Å². The zero-order valence-corrected chi connectivity index (χ0v) is 9.75. The van der Waals surface area contributed by atoms with E-state index < -0.39 is 31.3 Å². The van der Waals surface area contributed by atoms with Gasteiger partial charge in [0.25, 0.3) is 0 Å². The summed E-state index contributed by atoms with van der Waals surface area (Å²) < 4.78 is 46.4. The molecular formula is C11H16F3NO2. The molecule has 0 aliphatic rings. The van der Waals surface area contributed by atoms with Gasteiger partial charge in [0.15, 0.2) is 0 Å². The van der Waals surface area contributed by atoms with Crippen molar-refractivity contribution in [2.45, 2.75) is 38.6 Å². The molecule has 0 fully saturated rings. The highest BCUT2D eigenvalue weighted by molar-refractivity contribution is 5.09. The van der Waals surface area contributed by atoms with Gasteiger partial charge in [-0.2, -0.15) is 13.2 Å². The van der Waals surface area contributed by atoms with Gasteiger partial charge in [-0.15, -0.1) is 0 Å². The van der Waals surface area contributed by atoms with E-state index in [0.29, 0.717) is 11.5 Å². The van der Waals surface area contributed by atoms with E-state index in [1.165, 1.54) is 0 Å². The molecule has 2 N–H and O–H groups in total. The molecule has 0 bridgehead atoms. The first kappa shape index (κ1) is 14.1. The molecule has 17 heavy (non-hydrogen) atoms. The van der Waals surface area contributed by atoms with Crippen LogP contribution in [0.3, 0.4) is 0 Å². The van der Waals surface area contributed by atoms with Crippen LogP contribution in [0.4, 0.5) is 13.2 Å². The van der Waals surface area contributed by atoms with Crippen LogP contribution in [0.1, 0.15) is 31.0 Å². The van der Waals surface area contributed by atoms with Crippen LogP contribution in [0.5, 0.6) is 0 Å². The molecule has 1 heterocycles. The second-order valence-electron chi connectivity index (χ2n) is 3.96. The zero-order chi connectivity index (χ0) is 13.1. The van der Waals surface area contributed by atoms with E-state index >= 15 is 0 Å². The summed E-state index contributed by atoms with van der Waals surface area (Å²) in [4.78, 5) is 0. The Hall–Kier alpha value is -1.01. The van der Waals surface area contributed by atoms with E-state index in [9.17, 15) is 13.2 Å². The highest BCUT2D eigenvalue weighted by Gasteiger charge is 2.28. The normalized spacial score (nSPS) is 15.9. The molecule has 6 heteroatoms. The summed E-state index contributed by atoms with van der Waals surface area (Å²) in [5.41, 5.74) is 5.66. The maximum Gasteiger partial charge on any atom is 0.391 e.